The lowest BCUT2D eigenvalue weighted by molar-refractivity contribution is -0.274. The minimum atomic E-state index is -4.74. The smallest absolute Gasteiger partial charge is 0.404 e. The van der Waals surface area contributed by atoms with Gasteiger partial charge in [-0.2, -0.15) is 0 Å². The van der Waals surface area contributed by atoms with Crippen molar-refractivity contribution < 1.29 is 17.9 Å². The highest BCUT2D eigenvalue weighted by molar-refractivity contribution is 6.32. The number of alkyl halides is 3. The van der Waals surface area contributed by atoms with Crippen LogP contribution in [0.3, 0.4) is 0 Å². The summed E-state index contributed by atoms with van der Waals surface area (Å²) in [5, 5.41) is 3.26. The van der Waals surface area contributed by atoms with Crippen LogP contribution in [-0.4, -0.2) is 37.4 Å². The third-order valence-corrected chi connectivity index (χ3v) is 4.10. The standard InChI is InChI=1S/C16H20ClF3N2O/c1-2-3-4-14(22-9-7-21-8-10-22)12-5-6-15(13(17)11-12)23-16(18,19)20/h2,5-6,11,14,21H,1,3-4,7-10H2/t14-/m1/s1. The summed E-state index contributed by atoms with van der Waals surface area (Å²) in [5.74, 6) is -0.370. The lowest BCUT2D eigenvalue weighted by Gasteiger charge is -2.35. The molecule has 1 heterocycles. The van der Waals surface area contributed by atoms with E-state index in [1.807, 2.05) is 6.08 Å². The van der Waals surface area contributed by atoms with E-state index in [0.29, 0.717) is 0 Å². The van der Waals surface area contributed by atoms with Crippen LogP contribution in [0.1, 0.15) is 24.4 Å². The van der Waals surface area contributed by atoms with Crippen molar-refractivity contribution >= 4 is 11.6 Å². The monoisotopic (exact) mass is 348 g/mol. The molecule has 0 radical (unpaired) electrons. The molecule has 1 aromatic rings. The van der Waals surface area contributed by atoms with Crippen LogP contribution in [0.15, 0.2) is 30.9 Å². The first kappa shape index (κ1) is 18.1. The molecule has 0 aliphatic carbocycles. The fraction of sp³-hybridized carbons (Fsp3) is 0.500. The lowest BCUT2D eigenvalue weighted by Crippen LogP contribution is -2.45. The number of benzene rings is 1. The third-order valence-electron chi connectivity index (χ3n) is 3.80. The molecule has 0 unspecified atom stereocenters. The Morgan fingerprint density at radius 3 is 2.61 bits per heavy atom. The van der Waals surface area contributed by atoms with E-state index < -0.39 is 6.36 Å². The maximum atomic E-state index is 12.3. The van der Waals surface area contributed by atoms with Gasteiger partial charge >= 0.3 is 6.36 Å². The molecular formula is C16H20ClF3N2O. The summed E-state index contributed by atoms with van der Waals surface area (Å²) < 4.78 is 40.9. The zero-order chi connectivity index (χ0) is 16.9. The van der Waals surface area contributed by atoms with Crippen LogP contribution in [0.25, 0.3) is 0 Å². The summed E-state index contributed by atoms with van der Waals surface area (Å²) in [5.41, 5.74) is 0.897. The van der Waals surface area contributed by atoms with Crippen LogP contribution in [-0.2, 0) is 0 Å². The van der Waals surface area contributed by atoms with Crippen molar-refractivity contribution in [2.75, 3.05) is 26.2 Å². The van der Waals surface area contributed by atoms with E-state index in [1.165, 1.54) is 6.07 Å². The molecule has 1 fully saturated rings. The van der Waals surface area contributed by atoms with E-state index >= 15 is 0 Å². The van der Waals surface area contributed by atoms with E-state index in [2.05, 4.69) is 21.5 Å². The fourth-order valence-electron chi connectivity index (χ4n) is 2.76. The summed E-state index contributed by atoms with van der Waals surface area (Å²) in [6.07, 6.45) is -1.23. The van der Waals surface area contributed by atoms with E-state index in [4.69, 9.17) is 11.6 Å². The molecule has 7 heteroatoms. The second-order valence-corrected chi connectivity index (χ2v) is 5.81. The van der Waals surface area contributed by atoms with Crippen molar-refractivity contribution in [3.8, 4) is 5.75 Å². The van der Waals surface area contributed by atoms with Gasteiger partial charge in [-0.3, -0.25) is 4.90 Å². The van der Waals surface area contributed by atoms with Gasteiger partial charge in [0.1, 0.15) is 5.75 Å². The molecule has 0 amide bonds. The van der Waals surface area contributed by atoms with Gasteiger partial charge in [-0.05, 0) is 30.5 Å². The van der Waals surface area contributed by atoms with Crippen LogP contribution in [0.4, 0.5) is 13.2 Å². The molecule has 3 nitrogen and oxygen atoms in total. The maximum Gasteiger partial charge on any atom is 0.573 e. The molecule has 1 N–H and O–H groups in total. The quantitative estimate of drug-likeness (QED) is 0.782. The zero-order valence-electron chi connectivity index (χ0n) is 12.7. The molecule has 1 saturated heterocycles. The van der Waals surface area contributed by atoms with E-state index in [9.17, 15) is 13.2 Å². The number of nitrogens with one attached hydrogen (secondary N) is 1. The van der Waals surface area contributed by atoms with Crippen LogP contribution >= 0.6 is 11.6 Å². The van der Waals surface area contributed by atoms with Gasteiger partial charge in [0.25, 0.3) is 0 Å². The summed E-state index contributed by atoms with van der Waals surface area (Å²) in [4.78, 5) is 2.32. The van der Waals surface area contributed by atoms with Gasteiger partial charge < -0.3 is 10.1 Å². The topological polar surface area (TPSA) is 24.5 Å². The zero-order valence-corrected chi connectivity index (χ0v) is 13.5. The van der Waals surface area contributed by atoms with Crippen molar-refractivity contribution in [1.82, 2.24) is 10.2 Å². The summed E-state index contributed by atoms with van der Waals surface area (Å²) >= 11 is 5.98. The number of hydrogen-bond donors (Lipinski definition) is 1. The predicted molar refractivity (Wildman–Crippen MR) is 84.7 cm³/mol. The SMILES string of the molecule is C=CCC[C@H](c1ccc(OC(F)(F)F)c(Cl)c1)N1CCNCC1. The highest BCUT2D eigenvalue weighted by Gasteiger charge is 2.32. The second-order valence-electron chi connectivity index (χ2n) is 5.41. The molecule has 2 rings (SSSR count). The molecule has 1 aliphatic rings. The Morgan fingerprint density at radius 1 is 1.35 bits per heavy atom. The number of ether oxygens (including phenoxy) is 1. The maximum absolute atomic E-state index is 12.3. The Hall–Kier alpha value is -1.24. The van der Waals surface area contributed by atoms with Gasteiger partial charge in [-0.25, -0.2) is 0 Å². The Bertz CT molecular complexity index is 531. The van der Waals surface area contributed by atoms with Crippen molar-refractivity contribution in [1.29, 1.82) is 0 Å². The Morgan fingerprint density at radius 2 is 2.04 bits per heavy atom. The molecule has 0 bridgehead atoms. The minimum absolute atomic E-state index is 0.0291. The molecule has 1 atom stereocenters. The van der Waals surface area contributed by atoms with Crippen LogP contribution in [0, 0.1) is 0 Å². The first-order valence-corrected chi connectivity index (χ1v) is 7.89. The number of halogens is 4. The van der Waals surface area contributed by atoms with Crippen molar-refractivity contribution in [2.24, 2.45) is 0 Å². The van der Waals surface area contributed by atoms with Crippen molar-refractivity contribution in [3.63, 3.8) is 0 Å². The van der Waals surface area contributed by atoms with Crippen molar-refractivity contribution in [3.05, 3.63) is 41.4 Å². The Balaban J connectivity index is 2.20. The Kier molecular flexibility index (Phi) is 6.33. The van der Waals surface area contributed by atoms with Gasteiger partial charge in [0, 0.05) is 32.2 Å². The summed E-state index contributed by atoms with van der Waals surface area (Å²) in [7, 11) is 0. The number of nitrogens with zero attached hydrogens (tertiary/aromatic N) is 1. The van der Waals surface area contributed by atoms with Crippen LogP contribution in [0.5, 0.6) is 5.75 Å². The minimum Gasteiger partial charge on any atom is -0.404 e. The first-order valence-electron chi connectivity index (χ1n) is 7.51. The average molecular weight is 349 g/mol. The molecule has 23 heavy (non-hydrogen) atoms. The van der Waals surface area contributed by atoms with Gasteiger partial charge in [-0.1, -0.05) is 23.7 Å². The third kappa shape index (κ3) is 5.41. The molecule has 0 aromatic heterocycles. The van der Waals surface area contributed by atoms with Gasteiger partial charge in [0.15, 0.2) is 0 Å². The van der Waals surface area contributed by atoms with E-state index in [-0.39, 0.29) is 16.8 Å². The number of allylic oxidation sites excluding steroid dienone is 1. The number of rotatable bonds is 6. The normalized spacial score (nSPS) is 17.7. The van der Waals surface area contributed by atoms with Crippen molar-refractivity contribution in [2.45, 2.75) is 25.2 Å². The van der Waals surface area contributed by atoms with E-state index in [1.54, 1.807) is 12.1 Å². The lowest BCUT2D eigenvalue weighted by atomic mass is 9.99. The average Bonchev–Trinajstić information content (AvgIpc) is 2.50. The molecule has 1 aliphatic heterocycles. The predicted octanol–water partition coefficient (Wildman–Crippen LogP) is 4.15. The molecule has 128 valence electrons. The number of hydrogen-bond acceptors (Lipinski definition) is 3. The first-order chi connectivity index (χ1) is 10.9. The highest BCUT2D eigenvalue weighted by Crippen LogP contribution is 2.35. The van der Waals surface area contributed by atoms with Gasteiger partial charge in [-0.15, -0.1) is 19.8 Å². The second kappa shape index (κ2) is 8.04. The van der Waals surface area contributed by atoms with Crippen LogP contribution < -0.4 is 10.1 Å². The van der Waals surface area contributed by atoms with E-state index in [0.717, 1.165) is 44.6 Å². The molecular weight excluding hydrogens is 329 g/mol. The van der Waals surface area contributed by atoms with Gasteiger partial charge in [0.2, 0.25) is 0 Å². The summed E-state index contributed by atoms with van der Waals surface area (Å²) in [6.45, 7) is 7.31. The highest BCUT2D eigenvalue weighted by atomic mass is 35.5. The summed E-state index contributed by atoms with van der Waals surface area (Å²) in [6, 6.07) is 4.61. The molecule has 0 spiro atoms. The molecule has 0 saturated carbocycles. The van der Waals surface area contributed by atoms with Gasteiger partial charge in [0.05, 0.1) is 5.02 Å². The largest absolute Gasteiger partial charge is 0.573 e. The Labute approximate surface area is 139 Å². The molecule has 1 aromatic carbocycles. The fourth-order valence-corrected chi connectivity index (χ4v) is 2.99. The van der Waals surface area contributed by atoms with Crippen LogP contribution in [0.2, 0.25) is 5.02 Å². The number of piperazine rings is 1.